The number of fused-ring (bicyclic) bond motifs is 1. The van der Waals surface area contributed by atoms with Gasteiger partial charge >= 0.3 is 0 Å². The number of H-pyrrole nitrogens is 1. The number of aromatic amines is 1. The molecule has 0 bridgehead atoms. The molecule has 1 saturated carbocycles. The van der Waals surface area contributed by atoms with Crippen LogP contribution in [0.4, 0.5) is 0 Å². The van der Waals surface area contributed by atoms with E-state index < -0.39 is 0 Å². The Kier molecular flexibility index (Phi) is 2.98. The van der Waals surface area contributed by atoms with E-state index >= 15 is 0 Å². The van der Waals surface area contributed by atoms with Gasteiger partial charge in [0.15, 0.2) is 0 Å². The molecule has 2 aliphatic rings. The van der Waals surface area contributed by atoms with Crippen LogP contribution < -0.4 is 0 Å². The summed E-state index contributed by atoms with van der Waals surface area (Å²) in [5.74, 6) is 2.08. The quantitative estimate of drug-likeness (QED) is 0.921. The summed E-state index contributed by atoms with van der Waals surface area (Å²) in [4.78, 5) is 22.4. The van der Waals surface area contributed by atoms with Gasteiger partial charge in [-0.25, -0.2) is 4.98 Å². The molecule has 2 fully saturated rings. The molecule has 0 atom stereocenters. The summed E-state index contributed by atoms with van der Waals surface area (Å²) in [6.45, 7) is 3.74. The van der Waals surface area contributed by atoms with Crippen molar-refractivity contribution >= 4 is 16.9 Å². The number of nitrogens with one attached hydrogen (secondary N) is 1. The Bertz CT molecular complexity index is 678. The highest BCUT2D eigenvalue weighted by atomic mass is 16.2. The monoisotopic (exact) mass is 283 g/mol. The zero-order valence-corrected chi connectivity index (χ0v) is 12.4. The first-order chi connectivity index (χ1) is 10.2. The molecule has 0 spiro atoms. The predicted octanol–water partition coefficient (Wildman–Crippen LogP) is 2.99. The molecule has 4 nitrogen and oxygen atoms in total. The van der Waals surface area contributed by atoms with E-state index in [1.165, 1.54) is 18.4 Å². The molecule has 1 amide bonds. The van der Waals surface area contributed by atoms with Crippen molar-refractivity contribution < 1.29 is 4.79 Å². The van der Waals surface area contributed by atoms with E-state index in [0.717, 1.165) is 42.8 Å². The highest BCUT2D eigenvalue weighted by molar-refractivity contribution is 5.80. The fourth-order valence-electron chi connectivity index (χ4n) is 3.60. The molecule has 0 unspecified atom stereocenters. The van der Waals surface area contributed by atoms with Crippen LogP contribution in [0.3, 0.4) is 0 Å². The SMILES string of the molecule is Cc1ccc2nc(C3CN(C(=O)C4CCCC4)C3)[nH]c2c1. The summed E-state index contributed by atoms with van der Waals surface area (Å²) in [6.07, 6.45) is 4.61. The number of likely N-dealkylation sites (tertiary alicyclic amines) is 1. The van der Waals surface area contributed by atoms with Crippen LogP contribution in [0.25, 0.3) is 11.0 Å². The van der Waals surface area contributed by atoms with Crippen LogP contribution in [0.2, 0.25) is 0 Å². The van der Waals surface area contributed by atoms with Crippen molar-refractivity contribution in [1.29, 1.82) is 0 Å². The van der Waals surface area contributed by atoms with Crippen LogP contribution in [0.15, 0.2) is 18.2 Å². The highest BCUT2D eigenvalue weighted by Gasteiger charge is 2.37. The topological polar surface area (TPSA) is 49.0 Å². The number of hydrogen-bond acceptors (Lipinski definition) is 2. The van der Waals surface area contributed by atoms with Gasteiger partial charge in [-0.1, -0.05) is 18.9 Å². The first kappa shape index (κ1) is 12.9. The van der Waals surface area contributed by atoms with Gasteiger partial charge in [-0.05, 0) is 37.5 Å². The zero-order valence-electron chi connectivity index (χ0n) is 12.4. The molecule has 1 aliphatic carbocycles. The minimum atomic E-state index is 0.296. The third-order valence-electron chi connectivity index (χ3n) is 4.94. The first-order valence-corrected chi connectivity index (χ1v) is 7.96. The van der Waals surface area contributed by atoms with Gasteiger partial charge in [-0.15, -0.1) is 0 Å². The second-order valence-corrected chi connectivity index (χ2v) is 6.56. The van der Waals surface area contributed by atoms with E-state index in [-0.39, 0.29) is 0 Å². The lowest BCUT2D eigenvalue weighted by molar-refractivity contribution is -0.140. The molecule has 2 aromatic rings. The number of rotatable bonds is 2. The van der Waals surface area contributed by atoms with E-state index in [2.05, 4.69) is 35.1 Å². The number of hydrogen-bond donors (Lipinski definition) is 1. The Hall–Kier alpha value is -1.84. The molecule has 1 saturated heterocycles. The molecule has 0 radical (unpaired) electrons. The van der Waals surface area contributed by atoms with Crippen LogP contribution in [0, 0.1) is 12.8 Å². The summed E-state index contributed by atoms with van der Waals surface area (Å²) in [6, 6.07) is 6.28. The summed E-state index contributed by atoms with van der Waals surface area (Å²) >= 11 is 0. The summed E-state index contributed by atoms with van der Waals surface area (Å²) in [7, 11) is 0. The second-order valence-electron chi connectivity index (χ2n) is 6.56. The number of imidazole rings is 1. The summed E-state index contributed by atoms with van der Waals surface area (Å²) < 4.78 is 0. The van der Waals surface area contributed by atoms with Gasteiger partial charge in [0.25, 0.3) is 0 Å². The molecule has 1 aromatic heterocycles. The Morgan fingerprint density at radius 2 is 2.05 bits per heavy atom. The molecule has 4 heteroatoms. The van der Waals surface area contributed by atoms with Crippen molar-refractivity contribution in [3.8, 4) is 0 Å². The van der Waals surface area contributed by atoms with E-state index in [1.807, 2.05) is 4.90 Å². The Labute approximate surface area is 124 Å². The Morgan fingerprint density at radius 3 is 2.81 bits per heavy atom. The van der Waals surface area contributed by atoms with Crippen molar-refractivity contribution in [1.82, 2.24) is 14.9 Å². The maximum atomic E-state index is 12.3. The number of benzene rings is 1. The Balaban J connectivity index is 1.45. The smallest absolute Gasteiger partial charge is 0.225 e. The maximum Gasteiger partial charge on any atom is 0.225 e. The number of amides is 1. The molecular weight excluding hydrogens is 262 g/mol. The number of aromatic nitrogens is 2. The van der Waals surface area contributed by atoms with Gasteiger partial charge in [-0.2, -0.15) is 0 Å². The number of carbonyl (C=O) groups is 1. The molecule has 1 N–H and O–H groups in total. The lowest BCUT2D eigenvalue weighted by Crippen LogP contribution is -2.50. The third kappa shape index (κ3) is 2.23. The Morgan fingerprint density at radius 1 is 1.29 bits per heavy atom. The van der Waals surface area contributed by atoms with Gasteiger partial charge in [0.1, 0.15) is 5.82 Å². The van der Waals surface area contributed by atoms with Gasteiger partial charge in [-0.3, -0.25) is 4.79 Å². The number of aryl methyl sites for hydroxylation is 1. The van der Waals surface area contributed by atoms with Gasteiger partial charge < -0.3 is 9.88 Å². The van der Waals surface area contributed by atoms with Gasteiger partial charge in [0.05, 0.1) is 17.0 Å². The van der Waals surface area contributed by atoms with Crippen LogP contribution in [-0.2, 0) is 4.79 Å². The van der Waals surface area contributed by atoms with E-state index in [1.54, 1.807) is 0 Å². The minimum Gasteiger partial charge on any atom is -0.342 e. The average Bonchev–Trinajstić information content (AvgIpc) is 3.04. The highest BCUT2D eigenvalue weighted by Crippen LogP contribution is 2.32. The molecular formula is C17H21N3O. The predicted molar refractivity (Wildman–Crippen MR) is 82.1 cm³/mol. The van der Waals surface area contributed by atoms with E-state index in [4.69, 9.17) is 0 Å². The van der Waals surface area contributed by atoms with Crippen molar-refractivity contribution in [3.05, 3.63) is 29.6 Å². The molecule has 110 valence electrons. The van der Waals surface area contributed by atoms with E-state index in [0.29, 0.717) is 17.7 Å². The van der Waals surface area contributed by atoms with Crippen molar-refractivity contribution in [2.24, 2.45) is 5.92 Å². The number of carbonyl (C=O) groups excluding carboxylic acids is 1. The normalized spacial score (nSPS) is 20.1. The second kappa shape index (κ2) is 4.86. The van der Waals surface area contributed by atoms with Crippen LogP contribution in [-0.4, -0.2) is 33.9 Å². The first-order valence-electron chi connectivity index (χ1n) is 7.96. The fraction of sp³-hybridized carbons (Fsp3) is 0.529. The largest absolute Gasteiger partial charge is 0.342 e. The van der Waals surface area contributed by atoms with Crippen LogP contribution in [0.1, 0.15) is 43.0 Å². The molecule has 1 aliphatic heterocycles. The van der Waals surface area contributed by atoms with Crippen LogP contribution >= 0.6 is 0 Å². The van der Waals surface area contributed by atoms with Crippen LogP contribution in [0.5, 0.6) is 0 Å². The van der Waals surface area contributed by atoms with Crippen molar-refractivity contribution in [2.75, 3.05) is 13.1 Å². The van der Waals surface area contributed by atoms with Gasteiger partial charge in [0, 0.05) is 19.0 Å². The zero-order chi connectivity index (χ0) is 14.4. The molecule has 2 heterocycles. The van der Waals surface area contributed by atoms with Crippen molar-refractivity contribution in [2.45, 2.75) is 38.5 Å². The van der Waals surface area contributed by atoms with E-state index in [9.17, 15) is 4.79 Å². The number of nitrogens with zero attached hydrogens (tertiary/aromatic N) is 2. The average molecular weight is 283 g/mol. The lowest BCUT2D eigenvalue weighted by Gasteiger charge is -2.39. The molecule has 21 heavy (non-hydrogen) atoms. The fourth-order valence-corrected chi connectivity index (χ4v) is 3.60. The maximum absolute atomic E-state index is 12.3. The molecule has 1 aromatic carbocycles. The molecule has 4 rings (SSSR count). The lowest BCUT2D eigenvalue weighted by atomic mass is 9.96. The van der Waals surface area contributed by atoms with Gasteiger partial charge in [0.2, 0.25) is 5.91 Å². The standard InChI is InChI=1S/C17H21N3O/c1-11-6-7-14-15(8-11)19-16(18-14)13-9-20(10-13)17(21)12-4-2-3-5-12/h6-8,12-13H,2-5,9-10H2,1H3,(H,18,19). The summed E-state index contributed by atoms with van der Waals surface area (Å²) in [5, 5.41) is 0. The van der Waals surface area contributed by atoms with Crippen molar-refractivity contribution in [3.63, 3.8) is 0 Å². The third-order valence-corrected chi connectivity index (χ3v) is 4.94. The summed E-state index contributed by atoms with van der Waals surface area (Å²) in [5.41, 5.74) is 3.37. The minimum absolute atomic E-state index is 0.296.